The van der Waals surface area contributed by atoms with Crippen LogP contribution in [-0.4, -0.2) is 18.4 Å². The molecule has 0 heterocycles. The van der Waals surface area contributed by atoms with Crippen LogP contribution in [-0.2, 0) is 0 Å². The summed E-state index contributed by atoms with van der Waals surface area (Å²) in [5, 5.41) is 0. The Morgan fingerprint density at radius 3 is 2.60 bits per heavy atom. The number of rotatable bonds is 5. The lowest BCUT2D eigenvalue weighted by atomic mass is 10.0. The molecular formula is C15H13ClFNO2. The number of primary amides is 1. The van der Waals surface area contributed by atoms with E-state index in [0.717, 1.165) is 0 Å². The number of benzene rings is 2. The zero-order chi connectivity index (χ0) is 14.5. The van der Waals surface area contributed by atoms with Crippen LogP contribution in [0.25, 0.3) is 11.1 Å². The number of hydrogen-bond acceptors (Lipinski definition) is 2. The number of amides is 1. The van der Waals surface area contributed by atoms with Gasteiger partial charge in [-0.05, 0) is 24.3 Å². The molecule has 0 saturated heterocycles. The maximum absolute atomic E-state index is 13.9. The van der Waals surface area contributed by atoms with Crippen molar-refractivity contribution >= 4 is 17.5 Å². The normalized spacial score (nSPS) is 10.3. The second-order valence-corrected chi connectivity index (χ2v) is 4.47. The van der Waals surface area contributed by atoms with E-state index >= 15 is 0 Å². The summed E-state index contributed by atoms with van der Waals surface area (Å²) in [6.07, 6.45) is 0. The minimum atomic E-state index is -0.569. The van der Waals surface area contributed by atoms with Crippen molar-refractivity contribution in [3.8, 4) is 16.9 Å². The van der Waals surface area contributed by atoms with Gasteiger partial charge in [-0.2, -0.15) is 0 Å². The third-order valence-corrected chi connectivity index (χ3v) is 2.92. The number of carbonyl (C=O) groups is 1. The fourth-order valence-electron chi connectivity index (χ4n) is 1.85. The van der Waals surface area contributed by atoms with Gasteiger partial charge in [-0.25, -0.2) is 4.39 Å². The standard InChI is InChI=1S/C15H13ClFNO2/c16-7-8-20-14-9-10(15(18)19)5-6-12(14)11-3-1-2-4-13(11)17/h1-6,9H,7-8H2,(H2,18,19). The maximum Gasteiger partial charge on any atom is 0.248 e. The molecule has 0 aliphatic carbocycles. The molecule has 0 spiro atoms. The van der Waals surface area contributed by atoms with Crippen LogP contribution in [0, 0.1) is 5.82 Å². The van der Waals surface area contributed by atoms with Crippen molar-refractivity contribution in [1.29, 1.82) is 0 Å². The first kappa shape index (κ1) is 14.3. The maximum atomic E-state index is 13.9. The van der Waals surface area contributed by atoms with E-state index in [9.17, 15) is 9.18 Å². The van der Waals surface area contributed by atoms with Crippen molar-refractivity contribution in [3.63, 3.8) is 0 Å². The monoisotopic (exact) mass is 293 g/mol. The zero-order valence-electron chi connectivity index (χ0n) is 10.6. The molecule has 5 heteroatoms. The molecule has 104 valence electrons. The highest BCUT2D eigenvalue weighted by Gasteiger charge is 2.13. The summed E-state index contributed by atoms with van der Waals surface area (Å²) < 4.78 is 19.3. The average Bonchev–Trinajstić information content (AvgIpc) is 2.45. The third-order valence-electron chi connectivity index (χ3n) is 2.76. The van der Waals surface area contributed by atoms with Gasteiger partial charge in [0.15, 0.2) is 0 Å². The summed E-state index contributed by atoms with van der Waals surface area (Å²) in [6, 6.07) is 11.0. The van der Waals surface area contributed by atoms with Crippen molar-refractivity contribution in [2.45, 2.75) is 0 Å². The van der Waals surface area contributed by atoms with Gasteiger partial charge in [0.2, 0.25) is 5.91 Å². The molecule has 2 N–H and O–H groups in total. The van der Waals surface area contributed by atoms with Crippen LogP contribution in [0.1, 0.15) is 10.4 Å². The van der Waals surface area contributed by atoms with E-state index in [0.29, 0.717) is 22.4 Å². The van der Waals surface area contributed by atoms with Gasteiger partial charge in [-0.15, -0.1) is 11.6 Å². The van der Waals surface area contributed by atoms with Crippen LogP contribution in [0.4, 0.5) is 4.39 Å². The molecule has 3 nitrogen and oxygen atoms in total. The molecule has 20 heavy (non-hydrogen) atoms. The second-order valence-electron chi connectivity index (χ2n) is 4.09. The molecule has 0 aromatic heterocycles. The van der Waals surface area contributed by atoms with Gasteiger partial charge in [0.05, 0.1) is 5.88 Å². The number of nitrogens with two attached hydrogens (primary N) is 1. The number of carbonyl (C=O) groups excluding carboxylic acids is 1. The summed E-state index contributed by atoms with van der Waals surface area (Å²) >= 11 is 5.59. The summed E-state index contributed by atoms with van der Waals surface area (Å²) in [7, 11) is 0. The first-order chi connectivity index (χ1) is 9.63. The van der Waals surface area contributed by atoms with E-state index in [-0.39, 0.29) is 18.3 Å². The molecule has 1 amide bonds. The van der Waals surface area contributed by atoms with Gasteiger partial charge in [0.1, 0.15) is 18.2 Å². The average molecular weight is 294 g/mol. The predicted molar refractivity (Wildman–Crippen MR) is 76.6 cm³/mol. The summed E-state index contributed by atoms with van der Waals surface area (Å²) in [6.45, 7) is 0.255. The molecular weight excluding hydrogens is 281 g/mol. The van der Waals surface area contributed by atoms with Crippen molar-refractivity contribution in [1.82, 2.24) is 0 Å². The van der Waals surface area contributed by atoms with Crippen molar-refractivity contribution < 1.29 is 13.9 Å². The van der Waals surface area contributed by atoms with E-state index in [4.69, 9.17) is 22.1 Å². The lowest BCUT2D eigenvalue weighted by Crippen LogP contribution is -2.11. The molecule has 2 aromatic rings. The van der Waals surface area contributed by atoms with E-state index in [2.05, 4.69) is 0 Å². The van der Waals surface area contributed by atoms with Gasteiger partial charge in [0, 0.05) is 16.7 Å². The number of ether oxygens (including phenoxy) is 1. The van der Waals surface area contributed by atoms with Crippen LogP contribution < -0.4 is 10.5 Å². The lowest BCUT2D eigenvalue weighted by Gasteiger charge is -2.12. The molecule has 0 fully saturated rings. The van der Waals surface area contributed by atoms with Crippen LogP contribution in [0.5, 0.6) is 5.75 Å². The molecule has 0 radical (unpaired) electrons. The Bertz CT molecular complexity index is 631. The Balaban J connectivity index is 2.51. The van der Waals surface area contributed by atoms with E-state index in [1.54, 1.807) is 24.3 Å². The molecule has 0 bridgehead atoms. The highest BCUT2D eigenvalue weighted by molar-refractivity contribution is 6.18. The minimum absolute atomic E-state index is 0.255. The van der Waals surface area contributed by atoms with Gasteiger partial charge in [-0.3, -0.25) is 4.79 Å². The highest BCUT2D eigenvalue weighted by atomic mass is 35.5. The number of alkyl halides is 1. The highest BCUT2D eigenvalue weighted by Crippen LogP contribution is 2.32. The molecule has 0 aliphatic rings. The van der Waals surface area contributed by atoms with Crippen LogP contribution in [0.2, 0.25) is 0 Å². The minimum Gasteiger partial charge on any atom is -0.492 e. The first-order valence-electron chi connectivity index (χ1n) is 6.01. The van der Waals surface area contributed by atoms with Crippen LogP contribution in [0.15, 0.2) is 42.5 Å². The SMILES string of the molecule is NC(=O)c1ccc(-c2ccccc2F)c(OCCCl)c1. The lowest BCUT2D eigenvalue weighted by molar-refractivity contribution is 0.1000. The predicted octanol–water partition coefficient (Wildman–Crippen LogP) is 3.21. The van der Waals surface area contributed by atoms with Gasteiger partial charge in [-0.1, -0.05) is 18.2 Å². The van der Waals surface area contributed by atoms with Gasteiger partial charge < -0.3 is 10.5 Å². The van der Waals surface area contributed by atoms with Crippen molar-refractivity contribution in [3.05, 3.63) is 53.8 Å². The number of hydrogen-bond donors (Lipinski definition) is 1. The van der Waals surface area contributed by atoms with Crippen molar-refractivity contribution in [2.75, 3.05) is 12.5 Å². The Morgan fingerprint density at radius 1 is 1.20 bits per heavy atom. The fourth-order valence-corrected chi connectivity index (χ4v) is 1.92. The number of halogens is 2. The van der Waals surface area contributed by atoms with E-state index in [1.807, 2.05) is 0 Å². The first-order valence-corrected chi connectivity index (χ1v) is 6.54. The summed E-state index contributed by atoms with van der Waals surface area (Å²) in [5.74, 6) is -0.264. The van der Waals surface area contributed by atoms with Gasteiger partial charge >= 0.3 is 0 Å². The molecule has 2 rings (SSSR count). The molecule has 2 aromatic carbocycles. The second kappa shape index (κ2) is 6.39. The van der Waals surface area contributed by atoms with Crippen molar-refractivity contribution in [2.24, 2.45) is 5.73 Å². The van der Waals surface area contributed by atoms with E-state index < -0.39 is 5.91 Å². The zero-order valence-corrected chi connectivity index (χ0v) is 11.4. The summed E-state index contributed by atoms with van der Waals surface area (Å²) in [5.41, 5.74) is 6.49. The third kappa shape index (κ3) is 3.08. The Morgan fingerprint density at radius 2 is 1.95 bits per heavy atom. The largest absolute Gasteiger partial charge is 0.492 e. The van der Waals surface area contributed by atoms with Crippen LogP contribution in [0.3, 0.4) is 0 Å². The Kier molecular flexibility index (Phi) is 4.58. The van der Waals surface area contributed by atoms with Crippen LogP contribution >= 0.6 is 11.6 Å². The molecule has 0 aliphatic heterocycles. The van der Waals surface area contributed by atoms with E-state index in [1.165, 1.54) is 18.2 Å². The molecule has 0 atom stereocenters. The quantitative estimate of drug-likeness (QED) is 0.861. The summed E-state index contributed by atoms with van der Waals surface area (Å²) in [4.78, 5) is 11.2. The topological polar surface area (TPSA) is 52.3 Å². The smallest absolute Gasteiger partial charge is 0.248 e. The molecule has 0 unspecified atom stereocenters. The molecule has 0 saturated carbocycles. The van der Waals surface area contributed by atoms with Gasteiger partial charge in [0.25, 0.3) is 0 Å². The fraction of sp³-hybridized carbons (Fsp3) is 0.133. The Labute approximate surface area is 121 Å². The Hall–Kier alpha value is -2.07.